The fourth-order valence-electron chi connectivity index (χ4n) is 3.02. The number of halogens is 4. The van der Waals surface area contributed by atoms with Crippen molar-refractivity contribution in [2.75, 3.05) is 27.2 Å². The molecule has 0 unspecified atom stereocenters. The molecule has 2 amide bonds. The third kappa shape index (κ3) is 7.46. The lowest BCUT2D eigenvalue weighted by Gasteiger charge is -2.13. The van der Waals surface area contributed by atoms with Crippen LogP contribution in [-0.4, -0.2) is 43.9 Å². The Morgan fingerprint density at radius 3 is 2.43 bits per heavy atom. The van der Waals surface area contributed by atoms with Gasteiger partial charge in [-0.2, -0.15) is 13.2 Å². The molecule has 0 fully saturated rings. The van der Waals surface area contributed by atoms with Crippen LogP contribution in [0.1, 0.15) is 21.7 Å². The molecule has 0 radical (unpaired) electrons. The minimum absolute atomic E-state index is 0.0892. The first-order chi connectivity index (χ1) is 16.5. The maximum atomic E-state index is 13.0. The normalized spacial score (nSPS) is 12.0. The lowest BCUT2D eigenvalue weighted by atomic mass is 10.1. The van der Waals surface area contributed by atoms with Crippen molar-refractivity contribution in [2.24, 2.45) is 0 Å². The third-order valence-electron chi connectivity index (χ3n) is 4.83. The van der Waals surface area contributed by atoms with Gasteiger partial charge < -0.3 is 20.0 Å². The number of carbonyl (C=O) groups is 2. The van der Waals surface area contributed by atoms with Gasteiger partial charge in [-0.05, 0) is 62.6 Å². The van der Waals surface area contributed by atoms with E-state index in [1.54, 1.807) is 12.1 Å². The van der Waals surface area contributed by atoms with Gasteiger partial charge in [0.25, 0.3) is 11.8 Å². The van der Waals surface area contributed by atoms with Crippen LogP contribution in [-0.2, 0) is 11.0 Å². The van der Waals surface area contributed by atoms with E-state index in [9.17, 15) is 22.8 Å². The molecule has 0 saturated carbocycles. The molecule has 0 saturated heterocycles. The Kier molecular flexibility index (Phi) is 8.37. The number of hydrogen-bond donors (Lipinski definition) is 2. The topological polar surface area (TPSA) is 74.6 Å². The van der Waals surface area contributed by atoms with Gasteiger partial charge >= 0.3 is 6.18 Å². The highest BCUT2D eigenvalue weighted by molar-refractivity contribution is 6.30. The number of nitrogens with one attached hydrogen (secondary N) is 2. The van der Waals surface area contributed by atoms with Crippen LogP contribution in [0.2, 0.25) is 5.02 Å². The van der Waals surface area contributed by atoms with Crippen LogP contribution < -0.4 is 10.6 Å². The van der Waals surface area contributed by atoms with Crippen LogP contribution in [0, 0.1) is 0 Å². The minimum atomic E-state index is -4.49. The third-order valence-corrected chi connectivity index (χ3v) is 5.08. The Balaban J connectivity index is 1.87. The van der Waals surface area contributed by atoms with Crippen molar-refractivity contribution in [1.82, 2.24) is 15.5 Å². The van der Waals surface area contributed by atoms with Crippen molar-refractivity contribution < 1.29 is 27.2 Å². The lowest BCUT2D eigenvalue weighted by Crippen LogP contribution is -2.37. The molecule has 0 bridgehead atoms. The molecule has 0 aliphatic heterocycles. The maximum Gasteiger partial charge on any atom is 0.416 e. The van der Waals surface area contributed by atoms with Crippen LogP contribution in [0.15, 0.2) is 70.8 Å². The second-order valence-electron chi connectivity index (χ2n) is 7.86. The molecular weight excluding hydrogens is 483 g/mol. The molecular formula is C25H23ClF3N3O3. The van der Waals surface area contributed by atoms with Crippen LogP contribution in [0.4, 0.5) is 13.2 Å². The van der Waals surface area contributed by atoms with Gasteiger partial charge in [-0.25, -0.2) is 0 Å². The SMILES string of the molecule is CN(C)CCNC(=O)/C(=C/c1ccc(-c2cccc(C(F)(F)F)c2)o1)NC(=O)c1ccc(Cl)cc1. The Morgan fingerprint density at radius 1 is 1.06 bits per heavy atom. The quantitative estimate of drug-likeness (QED) is 0.419. The van der Waals surface area contributed by atoms with E-state index in [0.717, 1.165) is 12.1 Å². The molecule has 184 valence electrons. The molecule has 1 heterocycles. The fourth-order valence-corrected chi connectivity index (χ4v) is 3.14. The number of carbonyl (C=O) groups excluding carboxylic acids is 2. The van der Waals surface area contributed by atoms with Gasteiger partial charge in [-0.1, -0.05) is 23.7 Å². The first kappa shape index (κ1) is 26.1. The molecule has 6 nitrogen and oxygen atoms in total. The van der Waals surface area contributed by atoms with Gasteiger partial charge in [0, 0.05) is 35.3 Å². The predicted molar refractivity (Wildman–Crippen MR) is 128 cm³/mol. The summed E-state index contributed by atoms with van der Waals surface area (Å²) >= 11 is 5.86. The molecule has 1 aromatic heterocycles. The summed E-state index contributed by atoms with van der Waals surface area (Å²) in [4.78, 5) is 27.3. The van der Waals surface area contributed by atoms with Crippen molar-refractivity contribution in [1.29, 1.82) is 0 Å². The highest BCUT2D eigenvalue weighted by atomic mass is 35.5. The van der Waals surface area contributed by atoms with Crippen LogP contribution >= 0.6 is 11.6 Å². The largest absolute Gasteiger partial charge is 0.457 e. The summed E-state index contributed by atoms with van der Waals surface area (Å²) in [6.45, 7) is 0.901. The van der Waals surface area contributed by atoms with Crippen LogP contribution in [0.25, 0.3) is 17.4 Å². The number of furan rings is 1. The second kappa shape index (κ2) is 11.2. The van der Waals surface area contributed by atoms with E-state index in [-0.39, 0.29) is 28.3 Å². The molecule has 2 aromatic carbocycles. The van der Waals surface area contributed by atoms with E-state index in [1.807, 2.05) is 19.0 Å². The highest BCUT2D eigenvalue weighted by Crippen LogP contribution is 2.32. The fraction of sp³-hybridized carbons (Fsp3) is 0.200. The van der Waals surface area contributed by atoms with Gasteiger partial charge in [-0.3, -0.25) is 9.59 Å². The van der Waals surface area contributed by atoms with Crippen LogP contribution in [0.3, 0.4) is 0 Å². The summed E-state index contributed by atoms with van der Waals surface area (Å²) in [7, 11) is 3.70. The first-order valence-electron chi connectivity index (χ1n) is 10.5. The van der Waals surface area contributed by atoms with Gasteiger partial charge in [0.2, 0.25) is 0 Å². The smallest absolute Gasteiger partial charge is 0.416 e. The highest BCUT2D eigenvalue weighted by Gasteiger charge is 2.30. The molecule has 10 heteroatoms. The van der Waals surface area contributed by atoms with E-state index in [0.29, 0.717) is 18.1 Å². The summed E-state index contributed by atoms with van der Waals surface area (Å²) in [5.74, 6) is -0.739. The van der Waals surface area contributed by atoms with Crippen molar-refractivity contribution in [3.05, 3.63) is 88.3 Å². The summed E-state index contributed by atoms with van der Waals surface area (Å²) < 4.78 is 44.8. The van der Waals surface area contributed by atoms with E-state index >= 15 is 0 Å². The average Bonchev–Trinajstić information content (AvgIpc) is 3.27. The monoisotopic (exact) mass is 505 g/mol. The maximum absolute atomic E-state index is 13.0. The summed E-state index contributed by atoms with van der Waals surface area (Å²) in [5, 5.41) is 5.73. The van der Waals surface area contributed by atoms with Gasteiger partial charge in [-0.15, -0.1) is 0 Å². The summed E-state index contributed by atoms with van der Waals surface area (Å²) in [6, 6.07) is 13.8. The zero-order valence-electron chi connectivity index (χ0n) is 18.9. The standard InChI is InChI=1S/C25H23ClF3N3O3/c1-32(2)13-12-30-24(34)21(31-23(33)16-6-8-19(26)9-7-16)15-20-10-11-22(35-20)17-4-3-5-18(14-17)25(27,28)29/h3-11,14-15H,12-13H2,1-2H3,(H,30,34)(H,31,33)/b21-15-. The van der Waals surface area contributed by atoms with Crippen molar-refractivity contribution >= 4 is 29.5 Å². The number of rotatable bonds is 8. The number of likely N-dealkylation sites (N-methyl/N-ethyl adjacent to an activating group) is 1. The minimum Gasteiger partial charge on any atom is -0.457 e. The molecule has 0 aliphatic carbocycles. The van der Waals surface area contributed by atoms with Gasteiger partial charge in [0.05, 0.1) is 5.56 Å². The Hall–Kier alpha value is -3.56. The van der Waals surface area contributed by atoms with E-state index in [1.165, 1.54) is 42.5 Å². The van der Waals surface area contributed by atoms with E-state index in [2.05, 4.69) is 10.6 Å². The van der Waals surface area contributed by atoms with E-state index < -0.39 is 23.6 Å². The molecule has 35 heavy (non-hydrogen) atoms. The van der Waals surface area contributed by atoms with Gasteiger partial charge in [0.15, 0.2) is 0 Å². The second-order valence-corrected chi connectivity index (χ2v) is 8.30. The zero-order valence-corrected chi connectivity index (χ0v) is 19.7. The molecule has 0 atom stereocenters. The van der Waals surface area contributed by atoms with Crippen LogP contribution in [0.5, 0.6) is 0 Å². The lowest BCUT2D eigenvalue weighted by molar-refractivity contribution is -0.137. The summed E-state index contributed by atoms with van der Waals surface area (Å²) in [6.07, 6.45) is -3.18. The summed E-state index contributed by atoms with van der Waals surface area (Å²) in [5.41, 5.74) is -0.388. The molecule has 2 N–H and O–H groups in total. The average molecular weight is 506 g/mol. The van der Waals surface area contributed by atoms with E-state index in [4.69, 9.17) is 16.0 Å². The number of alkyl halides is 3. The predicted octanol–water partition coefficient (Wildman–Crippen LogP) is 5.07. The molecule has 0 aliphatic rings. The zero-order chi connectivity index (χ0) is 25.6. The molecule has 3 rings (SSSR count). The Morgan fingerprint density at radius 2 is 1.77 bits per heavy atom. The molecule has 0 spiro atoms. The number of benzene rings is 2. The molecule has 3 aromatic rings. The van der Waals surface area contributed by atoms with Gasteiger partial charge in [0.1, 0.15) is 17.2 Å². The van der Waals surface area contributed by atoms with Crippen molar-refractivity contribution in [3.63, 3.8) is 0 Å². The van der Waals surface area contributed by atoms with Crippen molar-refractivity contribution in [3.8, 4) is 11.3 Å². The van der Waals surface area contributed by atoms with Crippen molar-refractivity contribution in [2.45, 2.75) is 6.18 Å². The number of nitrogens with zero attached hydrogens (tertiary/aromatic N) is 1. The Labute approximate surface area is 205 Å². The first-order valence-corrected chi connectivity index (χ1v) is 10.9. The number of hydrogen-bond acceptors (Lipinski definition) is 4. The Bertz CT molecular complexity index is 1220. The number of amides is 2.